The molecule has 0 bridgehead atoms. The van der Waals surface area contributed by atoms with Gasteiger partial charge in [-0.25, -0.2) is 35.1 Å². The molecule has 33 heavy (non-hydrogen) atoms. The van der Waals surface area contributed by atoms with E-state index in [4.69, 9.17) is 0 Å². The molecule has 0 heterocycles. The molecule has 0 nitrogen and oxygen atoms in total. The minimum Gasteiger partial charge on any atom is -0.203 e. The monoisotopic (exact) mass is 468 g/mol. The molecule has 0 atom stereocenters. The first kappa shape index (κ1) is 23.0. The lowest BCUT2D eigenvalue weighted by Gasteiger charge is -2.27. The molecule has 0 unspecified atom stereocenters. The van der Waals surface area contributed by atoms with E-state index >= 15 is 8.78 Å². The third-order valence-electron chi connectivity index (χ3n) is 5.75. The number of benzene rings is 4. The quantitative estimate of drug-likeness (QED) is 0.150. The standard InChI is InChI=1S/C25H16F8/c1-9-5-6-10-14(19(28)23(32)21(30)17(10)26)13(9)16-12(25(2,3)4)8-7-11-15(16)20(29)24(33)22(31)18(11)27/h5-8H,1-4H3. The van der Waals surface area contributed by atoms with Crippen molar-refractivity contribution in [1.29, 1.82) is 0 Å². The van der Waals surface area contributed by atoms with Crippen molar-refractivity contribution in [2.75, 3.05) is 0 Å². The van der Waals surface area contributed by atoms with Crippen LogP contribution < -0.4 is 0 Å². The van der Waals surface area contributed by atoms with Crippen LogP contribution in [0.1, 0.15) is 31.9 Å². The van der Waals surface area contributed by atoms with E-state index in [1.165, 1.54) is 19.1 Å². The third kappa shape index (κ3) is 3.18. The van der Waals surface area contributed by atoms with E-state index in [1.807, 2.05) is 0 Å². The molecule has 0 saturated carbocycles. The smallest absolute Gasteiger partial charge is 0.198 e. The van der Waals surface area contributed by atoms with Crippen molar-refractivity contribution in [3.8, 4) is 11.1 Å². The molecule has 0 amide bonds. The number of rotatable bonds is 1. The highest BCUT2D eigenvalue weighted by Crippen LogP contribution is 2.46. The van der Waals surface area contributed by atoms with Crippen LogP contribution in [-0.4, -0.2) is 0 Å². The second-order valence-corrected chi connectivity index (χ2v) is 8.85. The Balaban J connectivity index is 2.40. The van der Waals surface area contributed by atoms with Crippen molar-refractivity contribution in [2.24, 2.45) is 0 Å². The van der Waals surface area contributed by atoms with E-state index in [0.29, 0.717) is 0 Å². The zero-order valence-corrected chi connectivity index (χ0v) is 17.8. The molecular formula is C25H16F8. The zero-order valence-electron chi connectivity index (χ0n) is 17.8. The lowest BCUT2D eigenvalue weighted by Crippen LogP contribution is -2.15. The highest BCUT2D eigenvalue weighted by molar-refractivity contribution is 6.08. The van der Waals surface area contributed by atoms with Crippen molar-refractivity contribution in [2.45, 2.75) is 33.1 Å². The Bertz CT molecular complexity index is 1480. The van der Waals surface area contributed by atoms with Gasteiger partial charge in [0.05, 0.1) is 0 Å². The number of aryl methyl sites for hydroxylation is 1. The van der Waals surface area contributed by atoms with Gasteiger partial charge in [0, 0.05) is 21.5 Å². The summed E-state index contributed by atoms with van der Waals surface area (Å²) in [4.78, 5) is 0. The van der Waals surface area contributed by atoms with Gasteiger partial charge in [-0.05, 0) is 34.6 Å². The fourth-order valence-corrected chi connectivity index (χ4v) is 4.18. The first-order valence-corrected chi connectivity index (χ1v) is 9.83. The molecule has 0 fully saturated rings. The Kier molecular flexibility index (Phi) is 5.18. The maximum atomic E-state index is 15.1. The Labute approximate surface area is 183 Å². The highest BCUT2D eigenvalue weighted by Gasteiger charge is 2.31. The molecule has 0 aliphatic heterocycles. The number of fused-ring (bicyclic) bond motifs is 2. The second-order valence-electron chi connectivity index (χ2n) is 8.85. The summed E-state index contributed by atoms with van der Waals surface area (Å²) in [5.74, 6) is -15.1. The molecule has 4 aromatic carbocycles. The first-order chi connectivity index (χ1) is 15.3. The van der Waals surface area contributed by atoms with Crippen LogP contribution in [0, 0.1) is 53.5 Å². The Hall–Kier alpha value is -3.16. The Morgan fingerprint density at radius 2 is 0.879 bits per heavy atom. The molecule has 0 spiro atoms. The maximum Gasteiger partial charge on any atom is 0.198 e. The van der Waals surface area contributed by atoms with Gasteiger partial charge >= 0.3 is 0 Å². The van der Waals surface area contributed by atoms with Gasteiger partial charge in [-0.1, -0.05) is 45.0 Å². The van der Waals surface area contributed by atoms with Crippen molar-refractivity contribution >= 4 is 21.5 Å². The van der Waals surface area contributed by atoms with E-state index in [2.05, 4.69) is 0 Å². The largest absolute Gasteiger partial charge is 0.203 e. The summed E-state index contributed by atoms with van der Waals surface area (Å²) in [5.41, 5.74) is -1.02. The molecule has 8 heteroatoms. The van der Waals surface area contributed by atoms with Crippen molar-refractivity contribution < 1.29 is 35.1 Å². The summed E-state index contributed by atoms with van der Waals surface area (Å²) in [7, 11) is 0. The summed E-state index contributed by atoms with van der Waals surface area (Å²) in [6.45, 7) is 6.42. The SMILES string of the molecule is Cc1ccc2c(F)c(F)c(F)c(F)c2c1-c1c(C(C)(C)C)ccc2c(F)c(F)c(F)c(F)c12. The summed E-state index contributed by atoms with van der Waals surface area (Å²) in [6.07, 6.45) is 0. The highest BCUT2D eigenvalue weighted by atomic mass is 19.2. The molecular weight excluding hydrogens is 452 g/mol. The van der Waals surface area contributed by atoms with Gasteiger partial charge in [0.1, 0.15) is 0 Å². The summed E-state index contributed by atoms with van der Waals surface area (Å²) < 4.78 is 116. The van der Waals surface area contributed by atoms with Gasteiger partial charge < -0.3 is 0 Å². The Morgan fingerprint density at radius 3 is 1.33 bits per heavy atom. The molecule has 0 aromatic heterocycles. The third-order valence-corrected chi connectivity index (χ3v) is 5.75. The molecule has 0 aliphatic rings. The molecule has 4 aromatic rings. The van der Waals surface area contributed by atoms with Crippen LogP contribution in [0.2, 0.25) is 0 Å². The van der Waals surface area contributed by atoms with E-state index in [0.717, 1.165) is 12.1 Å². The molecule has 0 aliphatic carbocycles. The molecule has 0 radical (unpaired) electrons. The minimum absolute atomic E-state index is 0.161. The average Bonchev–Trinajstić information content (AvgIpc) is 2.76. The van der Waals surface area contributed by atoms with Crippen LogP contribution >= 0.6 is 0 Å². The van der Waals surface area contributed by atoms with Crippen LogP contribution in [0.5, 0.6) is 0 Å². The van der Waals surface area contributed by atoms with Gasteiger partial charge in [-0.15, -0.1) is 0 Å². The average molecular weight is 468 g/mol. The van der Waals surface area contributed by atoms with E-state index in [9.17, 15) is 26.3 Å². The van der Waals surface area contributed by atoms with E-state index in [1.54, 1.807) is 20.8 Å². The predicted octanol–water partition coefficient (Wildman–Crippen LogP) is 8.38. The maximum absolute atomic E-state index is 15.1. The molecule has 0 saturated heterocycles. The molecule has 172 valence electrons. The minimum atomic E-state index is -2.09. The summed E-state index contributed by atoms with van der Waals surface area (Å²) >= 11 is 0. The van der Waals surface area contributed by atoms with Crippen LogP contribution in [-0.2, 0) is 5.41 Å². The van der Waals surface area contributed by atoms with E-state index in [-0.39, 0.29) is 22.3 Å². The Morgan fingerprint density at radius 1 is 0.485 bits per heavy atom. The fraction of sp³-hybridized carbons (Fsp3) is 0.200. The summed E-state index contributed by atoms with van der Waals surface area (Å²) in [5, 5.41) is -2.74. The topological polar surface area (TPSA) is 0 Å². The van der Waals surface area contributed by atoms with Gasteiger partial charge in [0.15, 0.2) is 46.5 Å². The van der Waals surface area contributed by atoms with E-state index < -0.39 is 73.5 Å². The van der Waals surface area contributed by atoms with Crippen molar-refractivity contribution in [1.82, 2.24) is 0 Å². The van der Waals surface area contributed by atoms with Crippen LogP contribution in [0.3, 0.4) is 0 Å². The predicted molar refractivity (Wildman–Crippen MR) is 110 cm³/mol. The van der Waals surface area contributed by atoms with Crippen molar-refractivity contribution in [3.63, 3.8) is 0 Å². The number of hydrogen-bond acceptors (Lipinski definition) is 0. The summed E-state index contributed by atoms with van der Waals surface area (Å²) in [6, 6.07) is 4.66. The van der Waals surface area contributed by atoms with Crippen LogP contribution in [0.4, 0.5) is 35.1 Å². The van der Waals surface area contributed by atoms with Gasteiger partial charge in [0.25, 0.3) is 0 Å². The fourth-order valence-electron chi connectivity index (χ4n) is 4.18. The number of hydrogen-bond donors (Lipinski definition) is 0. The molecule has 4 rings (SSSR count). The van der Waals surface area contributed by atoms with Gasteiger partial charge in [-0.3, -0.25) is 0 Å². The first-order valence-electron chi connectivity index (χ1n) is 9.83. The lowest BCUT2D eigenvalue weighted by molar-refractivity contribution is 0.417. The van der Waals surface area contributed by atoms with Crippen molar-refractivity contribution in [3.05, 3.63) is 81.9 Å². The second kappa shape index (κ2) is 7.43. The lowest BCUT2D eigenvalue weighted by atomic mass is 9.77. The van der Waals surface area contributed by atoms with Gasteiger partial charge in [-0.2, -0.15) is 0 Å². The zero-order chi connectivity index (χ0) is 24.6. The van der Waals surface area contributed by atoms with Gasteiger partial charge in [0.2, 0.25) is 0 Å². The van der Waals surface area contributed by atoms with Crippen LogP contribution in [0.25, 0.3) is 32.7 Å². The van der Waals surface area contributed by atoms with Crippen LogP contribution in [0.15, 0.2) is 24.3 Å². The molecule has 0 N–H and O–H groups in total. The number of halogens is 8. The normalized spacial score (nSPS) is 12.2.